The fourth-order valence-electron chi connectivity index (χ4n) is 1.82. The highest BCUT2D eigenvalue weighted by Crippen LogP contribution is 2.17. The average Bonchev–Trinajstić information content (AvgIpc) is 2.69. The Labute approximate surface area is 110 Å². The molecule has 0 saturated carbocycles. The van der Waals surface area contributed by atoms with E-state index in [1.54, 1.807) is 10.7 Å². The lowest BCUT2D eigenvalue weighted by molar-refractivity contribution is 0.0501. The molecule has 0 bridgehead atoms. The van der Waals surface area contributed by atoms with Gasteiger partial charge in [0.15, 0.2) is 5.65 Å². The Morgan fingerprint density at radius 3 is 3.11 bits per heavy atom. The van der Waals surface area contributed by atoms with E-state index in [2.05, 4.69) is 10.1 Å². The van der Waals surface area contributed by atoms with Crippen molar-refractivity contribution in [3.8, 4) is 6.07 Å². The number of rotatable bonds is 4. The highest BCUT2D eigenvalue weighted by atomic mass is 16.5. The van der Waals surface area contributed by atoms with Gasteiger partial charge in [-0.05, 0) is 19.4 Å². The van der Waals surface area contributed by atoms with Gasteiger partial charge >= 0.3 is 5.97 Å². The topological polar surface area (TPSA) is 80.8 Å². The molecule has 0 aliphatic rings. The third-order valence-corrected chi connectivity index (χ3v) is 2.76. The maximum Gasteiger partial charge on any atom is 0.339 e. The highest BCUT2D eigenvalue weighted by molar-refractivity contribution is 5.93. The maximum absolute atomic E-state index is 11.8. The minimum atomic E-state index is -0.421. The third kappa shape index (κ3) is 2.71. The molecule has 98 valence electrons. The van der Waals surface area contributed by atoms with Crippen molar-refractivity contribution < 1.29 is 9.53 Å². The predicted molar refractivity (Wildman–Crippen MR) is 68.4 cm³/mol. The van der Waals surface area contributed by atoms with Gasteiger partial charge in [0.05, 0.1) is 23.9 Å². The van der Waals surface area contributed by atoms with E-state index in [-0.39, 0.29) is 6.61 Å². The van der Waals surface area contributed by atoms with Crippen molar-refractivity contribution in [2.45, 2.75) is 19.8 Å². The van der Waals surface area contributed by atoms with E-state index in [4.69, 9.17) is 10.00 Å². The smallest absolute Gasteiger partial charge is 0.339 e. The van der Waals surface area contributed by atoms with Gasteiger partial charge in [0.2, 0.25) is 0 Å². The Balaban J connectivity index is 2.15. The lowest BCUT2D eigenvalue weighted by Crippen LogP contribution is -2.07. The van der Waals surface area contributed by atoms with E-state index in [0.717, 1.165) is 16.7 Å². The number of pyridine rings is 1. The summed E-state index contributed by atoms with van der Waals surface area (Å²) < 4.78 is 6.74. The number of hydrogen-bond acceptors (Lipinski definition) is 5. The Morgan fingerprint density at radius 1 is 1.58 bits per heavy atom. The summed E-state index contributed by atoms with van der Waals surface area (Å²) in [6.45, 7) is 2.11. The van der Waals surface area contributed by atoms with Gasteiger partial charge in [-0.15, -0.1) is 0 Å². The summed E-state index contributed by atoms with van der Waals surface area (Å²) in [6.07, 6.45) is 2.41. The molecule has 0 N–H and O–H groups in total. The van der Waals surface area contributed by atoms with Gasteiger partial charge in [-0.1, -0.05) is 0 Å². The van der Waals surface area contributed by atoms with Crippen LogP contribution in [0.25, 0.3) is 11.0 Å². The number of ether oxygens (including phenoxy) is 1. The van der Waals surface area contributed by atoms with Crippen molar-refractivity contribution in [3.05, 3.63) is 23.5 Å². The monoisotopic (exact) mass is 258 g/mol. The summed E-state index contributed by atoms with van der Waals surface area (Å²) in [5.74, 6) is -0.421. The quantitative estimate of drug-likeness (QED) is 0.616. The number of nitrogens with zero attached hydrogens (tertiary/aromatic N) is 4. The molecule has 0 atom stereocenters. The minimum absolute atomic E-state index is 0.246. The van der Waals surface area contributed by atoms with E-state index in [0.29, 0.717) is 18.4 Å². The van der Waals surface area contributed by atoms with E-state index in [9.17, 15) is 4.79 Å². The molecule has 6 heteroatoms. The van der Waals surface area contributed by atoms with E-state index >= 15 is 0 Å². The number of hydrogen-bond donors (Lipinski definition) is 0. The first-order valence-corrected chi connectivity index (χ1v) is 5.97. The number of nitriles is 1. The predicted octanol–water partition coefficient (Wildman–Crippen LogP) is 1.74. The number of carbonyl (C=O) groups excluding carboxylic acids is 1. The van der Waals surface area contributed by atoms with Crippen LogP contribution in [0.3, 0.4) is 0 Å². The molecule has 0 spiro atoms. The number of fused-ring (bicyclic) bond motifs is 1. The van der Waals surface area contributed by atoms with E-state index in [1.807, 2.05) is 20.0 Å². The Hall–Kier alpha value is -2.42. The summed E-state index contributed by atoms with van der Waals surface area (Å²) in [4.78, 5) is 16.0. The molecule has 2 aromatic rings. The van der Waals surface area contributed by atoms with Crippen molar-refractivity contribution in [1.29, 1.82) is 5.26 Å². The molecular weight excluding hydrogens is 244 g/mol. The first-order chi connectivity index (χ1) is 9.13. The van der Waals surface area contributed by atoms with Crippen molar-refractivity contribution >= 4 is 17.0 Å². The van der Waals surface area contributed by atoms with Crippen LogP contribution in [0.15, 0.2) is 12.3 Å². The van der Waals surface area contributed by atoms with E-state index < -0.39 is 5.97 Å². The summed E-state index contributed by atoms with van der Waals surface area (Å²) in [6, 6.07) is 3.73. The normalized spacial score (nSPS) is 10.4. The van der Waals surface area contributed by atoms with Crippen LogP contribution in [0.4, 0.5) is 0 Å². The van der Waals surface area contributed by atoms with Gasteiger partial charge in [0, 0.05) is 25.1 Å². The fraction of sp³-hybridized carbons (Fsp3) is 0.385. The van der Waals surface area contributed by atoms with Gasteiger partial charge in [0.1, 0.15) is 0 Å². The molecule has 0 fully saturated rings. The zero-order valence-electron chi connectivity index (χ0n) is 10.9. The molecule has 0 aliphatic carbocycles. The Kier molecular flexibility index (Phi) is 3.76. The SMILES string of the molecule is Cc1nn(C)c2ncc(C(=O)OCCCC#N)cc12. The van der Waals surface area contributed by atoms with Crippen LogP contribution >= 0.6 is 0 Å². The largest absolute Gasteiger partial charge is 0.462 e. The van der Waals surface area contributed by atoms with Crippen LogP contribution < -0.4 is 0 Å². The van der Waals surface area contributed by atoms with Crippen molar-refractivity contribution in [2.75, 3.05) is 6.61 Å². The lowest BCUT2D eigenvalue weighted by Gasteiger charge is -2.03. The first-order valence-electron chi connectivity index (χ1n) is 5.97. The van der Waals surface area contributed by atoms with Gasteiger partial charge in [-0.3, -0.25) is 4.68 Å². The second kappa shape index (κ2) is 5.48. The summed E-state index contributed by atoms with van der Waals surface area (Å²) in [5.41, 5.74) is 1.96. The Morgan fingerprint density at radius 2 is 2.37 bits per heavy atom. The van der Waals surface area contributed by atoms with Crippen LogP contribution in [-0.4, -0.2) is 27.3 Å². The molecule has 6 nitrogen and oxygen atoms in total. The van der Waals surface area contributed by atoms with Crippen LogP contribution in [0.2, 0.25) is 0 Å². The molecule has 0 unspecified atom stereocenters. The van der Waals surface area contributed by atoms with Gasteiger partial charge in [0.25, 0.3) is 0 Å². The minimum Gasteiger partial charge on any atom is -0.462 e. The Bertz CT molecular complexity index is 654. The second-order valence-corrected chi connectivity index (χ2v) is 4.20. The van der Waals surface area contributed by atoms with Crippen molar-refractivity contribution in [1.82, 2.24) is 14.8 Å². The molecule has 0 radical (unpaired) electrons. The zero-order chi connectivity index (χ0) is 13.8. The molecule has 2 rings (SSSR count). The summed E-state index contributed by atoms with van der Waals surface area (Å²) in [5, 5.41) is 13.5. The van der Waals surface area contributed by atoms with Gasteiger partial charge in [-0.25, -0.2) is 9.78 Å². The number of esters is 1. The second-order valence-electron chi connectivity index (χ2n) is 4.20. The molecular formula is C13H14N4O2. The first kappa shape index (κ1) is 13.0. The molecule has 0 aliphatic heterocycles. The van der Waals surface area contributed by atoms with Gasteiger partial charge < -0.3 is 4.74 Å². The number of aryl methyl sites for hydroxylation is 2. The summed E-state index contributed by atoms with van der Waals surface area (Å²) >= 11 is 0. The third-order valence-electron chi connectivity index (χ3n) is 2.76. The molecule has 0 aromatic carbocycles. The number of carbonyl (C=O) groups is 1. The van der Waals surface area contributed by atoms with Crippen molar-refractivity contribution in [3.63, 3.8) is 0 Å². The average molecular weight is 258 g/mol. The van der Waals surface area contributed by atoms with Crippen LogP contribution in [-0.2, 0) is 11.8 Å². The molecule has 0 saturated heterocycles. The van der Waals surface area contributed by atoms with Crippen LogP contribution in [0.1, 0.15) is 28.9 Å². The molecule has 0 amide bonds. The molecule has 2 heterocycles. The van der Waals surface area contributed by atoms with Gasteiger partial charge in [-0.2, -0.15) is 10.4 Å². The van der Waals surface area contributed by atoms with E-state index in [1.165, 1.54) is 6.20 Å². The van der Waals surface area contributed by atoms with Crippen LogP contribution in [0.5, 0.6) is 0 Å². The zero-order valence-corrected chi connectivity index (χ0v) is 10.9. The standard InChI is InChI=1S/C13H14N4O2/c1-9-11-7-10(8-15-12(11)17(2)16-9)13(18)19-6-4-3-5-14/h7-8H,3-4,6H2,1-2H3. The van der Waals surface area contributed by atoms with Crippen LogP contribution in [0, 0.1) is 18.3 Å². The molecule has 2 aromatic heterocycles. The van der Waals surface area contributed by atoms with Crippen molar-refractivity contribution in [2.24, 2.45) is 7.05 Å². The fourth-order valence-corrected chi connectivity index (χ4v) is 1.82. The maximum atomic E-state index is 11.8. The molecule has 19 heavy (non-hydrogen) atoms. The number of aromatic nitrogens is 3. The number of unbranched alkanes of at least 4 members (excludes halogenated alkanes) is 1. The lowest BCUT2D eigenvalue weighted by atomic mass is 10.2. The summed E-state index contributed by atoms with van der Waals surface area (Å²) in [7, 11) is 1.81. The highest BCUT2D eigenvalue weighted by Gasteiger charge is 2.12.